The van der Waals surface area contributed by atoms with E-state index in [0.29, 0.717) is 0 Å². The first-order chi connectivity index (χ1) is 9.21. The second-order valence-electron chi connectivity index (χ2n) is 5.26. The number of thioether (sulfide) groups is 1. The van der Waals surface area contributed by atoms with E-state index in [4.69, 9.17) is 5.73 Å². The van der Waals surface area contributed by atoms with Crippen molar-refractivity contribution in [2.45, 2.75) is 63.8 Å². The number of nitrogens with two attached hydrogens (primary N) is 1. The van der Waals surface area contributed by atoms with Crippen LogP contribution < -0.4 is 5.73 Å². The van der Waals surface area contributed by atoms with Crippen LogP contribution in [-0.4, -0.2) is 5.75 Å². The first-order valence-electron chi connectivity index (χ1n) is 7.69. The minimum Gasteiger partial charge on any atom is -0.324 e. The third-order valence-electron chi connectivity index (χ3n) is 3.75. The lowest BCUT2D eigenvalue weighted by atomic mass is 9.90. The monoisotopic (exact) mass is 279 g/mol. The average molecular weight is 279 g/mol. The Kier molecular flexibility index (Phi) is 8.24. The Morgan fingerprint density at radius 3 is 2.32 bits per heavy atom. The van der Waals surface area contributed by atoms with Crippen LogP contribution in [0.4, 0.5) is 0 Å². The summed E-state index contributed by atoms with van der Waals surface area (Å²) in [6, 6.07) is 9.01. The predicted octanol–water partition coefficient (Wildman–Crippen LogP) is 5.40. The van der Waals surface area contributed by atoms with Gasteiger partial charge in [0, 0.05) is 10.9 Å². The van der Waals surface area contributed by atoms with Crippen LogP contribution in [0.2, 0.25) is 0 Å². The van der Waals surface area contributed by atoms with Gasteiger partial charge in [-0.2, -0.15) is 0 Å². The van der Waals surface area contributed by atoms with Crippen molar-refractivity contribution in [3.63, 3.8) is 0 Å². The zero-order chi connectivity index (χ0) is 14.1. The van der Waals surface area contributed by atoms with Crippen LogP contribution in [0, 0.1) is 5.92 Å². The van der Waals surface area contributed by atoms with Crippen molar-refractivity contribution in [3.05, 3.63) is 29.8 Å². The molecule has 0 aliphatic heterocycles. The molecule has 0 aromatic heterocycles. The minimum atomic E-state index is 0.197. The topological polar surface area (TPSA) is 26.0 Å². The van der Waals surface area contributed by atoms with Gasteiger partial charge < -0.3 is 5.73 Å². The lowest BCUT2D eigenvalue weighted by Gasteiger charge is -2.20. The maximum Gasteiger partial charge on any atom is 0.0297 e. The van der Waals surface area contributed by atoms with Gasteiger partial charge in [-0.1, -0.05) is 58.6 Å². The molecule has 2 N–H and O–H groups in total. The molecule has 108 valence electrons. The summed E-state index contributed by atoms with van der Waals surface area (Å²) in [5.41, 5.74) is 7.65. The third kappa shape index (κ3) is 6.01. The van der Waals surface area contributed by atoms with E-state index in [2.05, 4.69) is 45.0 Å². The van der Waals surface area contributed by atoms with Gasteiger partial charge in [0.15, 0.2) is 0 Å². The Balaban J connectivity index is 2.53. The Labute approximate surface area is 123 Å². The molecule has 2 unspecified atom stereocenters. The van der Waals surface area contributed by atoms with Crippen molar-refractivity contribution in [3.8, 4) is 0 Å². The molecule has 0 radical (unpaired) electrons. The number of hydrogen-bond donors (Lipinski definition) is 1. The van der Waals surface area contributed by atoms with E-state index in [1.165, 1.54) is 36.1 Å². The van der Waals surface area contributed by atoms with E-state index in [-0.39, 0.29) is 6.04 Å². The Hall–Kier alpha value is -0.470. The molecule has 2 atom stereocenters. The quantitative estimate of drug-likeness (QED) is 0.612. The van der Waals surface area contributed by atoms with Crippen LogP contribution in [0.5, 0.6) is 0 Å². The van der Waals surface area contributed by atoms with Gasteiger partial charge in [-0.25, -0.2) is 0 Å². The smallest absolute Gasteiger partial charge is 0.0297 e. The molecule has 0 heterocycles. The van der Waals surface area contributed by atoms with Gasteiger partial charge >= 0.3 is 0 Å². The van der Waals surface area contributed by atoms with E-state index in [1.807, 2.05) is 11.8 Å². The zero-order valence-corrected chi connectivity index (χ0v) is 13.5. The first-order valence-corrected chi connectivity index (χ1v) is 8.68. The summed E-state index contributed by atoms with van der Waals surface area (Å²) >= 11 is 1.88. The average Bonchev–Trinajstić information content (AvgIpc) is 2.44. The molecule has 0 fully saturated rings. The van der Waals surface area contributed by atoms with Gasteiger partial charge in [0.1, 0.15) is 0 Å². The fourth-order valence-electron chi connectivity index (χ4n) is 2.45. The minimum absolute atomic E-state index is 0.197. The fraction of sp³-hybridized carbons (Fsp3) is 0.647. The highest BCUT2D eigenvalue weighted by Crippen LogP contribution is 2.26. The maximum absolute atomic E-state index is 6.36. The molecule has 0 amide bonds. The maximum atomic E-state index is 6.36. The van der Waals surface area contributed by atoms with Crippen molar-refractivity contribution in [2.75, 3.05) is 5.75 Å². The first kappa shape index (κ1) is 16.6. The second kappa shape index (κ2) is 9.44. The Bertz CT molecular complexity index is 334. The van der Waals surface area contributed by atoms with Crippen molar-refractivity contribution < 1.29 is 0 Å². The molecular formula is C17H29NS. The van der Waals surface area contributed by atoms with Crippen LogP contribution in [0.1, 0.15) is 64.5 Å². The fourth-order valence-corrected chi connectivity index (χ4v) is 3.12. The van der Waals surface area contributed by atoms with E-state index >= 15 is 0 Å². The summed E-state index contributed by atoms with van der Waals surface area (Å²) in [4.78, 5) is 1.34. The highest BCUT2D eigenvalue weighted by molar-refractivity contribution is 7.99. The highest BCUT2D eigenvalue weighted by atomic mass is 32.2. The van der Waals surface area contributed by atoms with Gasteiger partial charge in [-0.15, -0.1) is 11.8 Å². The molecule has 1 rings (SSSR count). The molecule has 0 saturated carbocycles. The number of unbranched alkanes of at least 4 members (excludes halogenated alkanes) is 1. The van der Waals surface area contributed by atoms with E-state index in [0.717, 1.165) is 18.1 Å². The summed E-state index contributed by atoms with van der Waals surface area (Å²) in [5.74, 6) is 1.90. The molecule has 1 nitrogen and oxygen atoms in total. The van der Waals surface area contributed by atoms with Gasteiger partial charge in [0.2, 0.25) is 0 Å². The SMILES string of the molecule is CCCCC(CC)CC(N)c1ccc(SCC)cc1. The van der Waals surface area contributed by atoms with E-state index in [9.17, 15) is 0 Å². The molecule has 1 aromatic rings. The van der Waals surface area contributed by atoms with Gasteiger partial charge in [-0.05, 0) is 35.8 Å². The Morgan fingerprint density at radius 2 is 1.79 bits per heavy atom. The summed E-state index contributed by atoms with van der Waals surface area (Å²) in [7, 11) is 0. The highest BCUT2D eigenvalue weighted by Gasteiger charge is 2.13. The number of rotatable bonds is 9. The molecular weight excluding hydrogens is 250 g/mol. The van der Waals surface area contributed by atoms with Crippen LogP contribution in [0.25, 0.3) is 0 Å². The zero-order valence-electron chi connectivity index (χ0n) is 12.7. The van der Waals surface area contributed by atoms with E-state index in [1.54, 1.807) is 0 Å². The van der Waals surface area contributed by atoms with E-state index < -0.39 is 0 Å². The van der Waals surface area contributed by atoms with Crippen LogP contribution in [0.15, 0.2) is 29.2 Å². The molecule has 0 saturated heterocycles. The molecule has 1 aromatic carbocycles. The molecule has 0 aliphatic rings. The van der Waals surface area contributed by atoms with Crippen molar-refractivity contribution in [1.82, 2.24) is 0 Å². The summed E-state index contributed by atoms with van der Waals surface area (Å²) in [6.45, 7) is 6.73. The largest absolute Gasteiger partial charge is 0.324 e. The number of benzene rings is 1. The van der Waals surface area contributed by atoms with Crippen LogP contribution in [0.3, 0.4) is 0 Å². The third-order valence-corrected chi connectivity index (χ3v) is 4.64. The summed E-state index contributed by atoms with van der Waals surface area (Å²) in [5, 5.41) is 0. The van der Waals surface area contributed by atoms with Crippen molar-refractivity contribution in [1.29, 1.82) is 0 Å². The van der Waals surface area contributed by atoms with Crippen LogP contribution >= 0.6 is 11.8 Å². The van der Waals surface area contributed by atoms with Gasteiger partial charge in [0.05, 0.1) is 0 Å². The summed E-state index contributed by atoms with van der Waals surface area (Å²) in [6.07, 6.45) is 6.31. The normalized spacial score (nSPS) is 14.3. The molecule has 0 spiro atoms. The molecule has 19 heavy (non-hydrogen) atoms. The molecule has 2 heteroatoms. The molecule has 0 bridgehead atoms. The Morgan fingerprint density at radius 1 is 1.11 bits per heavy atom. The predicted molar refractivity (Wildman–Crippen MR) is 87.7 cm³/mol. The van der Waals surface area contributed by atoms with Crippen molar-refractivity contribution in [2.24, 2.45) is 11.7 Å². The summed E-state index contributed by atoms with van der Waals surface area (Å²) < 4.78 is 0. The number of hydrogen-bond acceptors (Lipinski definition) is 2. The molecule has 0 aliphatic carbocycles. The lowest BCUT2D eigenvalue weighted by molar-refractivity contribution is 0.388. The van der Waals surface area contributed by atoms with Crippen LogP contribution in [-0.2, 0) is 0 Å². The second-order valence-corrected chi connectivity index (χ2v) is 6.60. The van der Waals surface area contributed by atoms with Gasteiger partial charge in [0.25, 0.3) is 0 Å². The lowest BCUT2D eigenvalue weighted by Crippen LogP contribution is -2.15. The van der Waals surface area contributed by atoms with Crippen molar-refractivity contribution >= 4 is 11.8 Å². The standard InChI is InChI=1S/C17H29NS/c1-4-7-8-14(5-2)13-17(18)15-9-11-16(12-10-15)19-6-3/h9-12,14,17H,4-8,13,18H2,1-3H3. The van der Waals surface area contributed by atoms with Gasteiger partial charge in [-0.3, -0.25) is 0 Å².